The van der Waals surface area contributed by atoms with Crippen LogP contribution < -0.4 is 0 Å². The lowest BCUT2D eigenvalue weighted by Gasteiger charge is -2.09. The van der Waals surface area contributed by atoms with Crippen molar-refractivity contribution in [1.82, 2.24) is 4.90 Å². The number of carbonyl (C=O) groups excluding carboxylic acids is 1. The van der Waals surface area contributed by atoms with E-state index >= 15 is 0 Å². The third-order valence-corrected chi connectivity index (χ3v) is 1.37. The van der Waals surface area contributed by atoms with Gasteiger partial charge in [0.05, 0.1) is 6.07 Å². The predicted molar refractivity (Wildman–Crippen MR) is 37.0 cm³/mol. The third-order valence-electron chi connectivity index (χ3n) is 0.771. The highest BCUT2D eigenvalue weighted by molar-refractivity contribution is 9.10. The molecule has 0 saturated heterocycles. The average molecular weight is 191 g/mol. The quantitative estimate of drug-likeness (QED) is 0.561. The number of amides is 1. The van der Waals surface area contributed by atoms with Gasteiger partial charge >= 0.3 is 0 Å². The minimum absolute atomic E-state index is 0.225. The molecule has 0 aromatic rings. The molecule has 0 aromatic carbocycles. The van der Waals surface area contributed by atoms with Crippen LogP contribution in [0.5, 0.6) is 0 Å². The van der Waals surface area contributed by atoms with Crippen LogP contribution in [0, 0.1) is 11.3 Å². The predicted octanol–water partition coefficient (Wildman–Crippen LogP) is 0.362. The fraction of sp³-hybridized carbons (Fsp3) is 0.600. The fourth-order valence-corrected chi connectivity index (χ4v) is 0.691. The number of alkyl halides is 1. The van der Waals surface area contributed by atoms with Crippen LogP contribution in [0.2, 0.25) is 0 Å². The van der Waals surface area contributed by atoms with Gasteiger partial charge in [-0.2, -0.15) is 5.26 Å². The van der Waals surface area contributed by atoms with Gasteiger partial charge in [0, 0.05) is 14.1 Å². The molecule has 9 heavy (non-hydrogen) atoms. The molecule has 0 aromatic heterocycles. The summed E-state index contributed by atoms with van der Waals surface area (Å²) in [7, 11) is 3.21. The standard InChI is InChI=1S/C5H7BrN2O/c1-8(2)5(9)4(6)3-7/h4H,1-2H3/t4-/m0/s1. The zero-order chi connectivity index (χ0) is 7.44. The van der Waals surface area contributed by atoms with Crippen LogP contribution >= 0.6 is 15.9 Å². The number of rotatable bonds is 1. The van der Waals surface area contributed by atoms with Crippen LogP contribution in [-0.2, 0) is 4.79 Å². The van der Waals surface area contributed by atoms with Gasteiger partial charge in [0.15, 0.2) is 4.83 Å². The smallest absolute Gasteiger partial charge is 0.250 e. The van der Waals surface area contributed by atoms with Gasteiger partial charge in [-0.15, -0.1) is 0 Å². The molecule has 0 bridgehead atoms. The summed E-state index contributed by atoms with van der Waals surface area (Å²) in [6.45, 7) is 0. The highest BCUT2D eigenvalue weighted by Crippen LogP contribution is 1.99. The Kier molecular flexibility index (Phi) is 3.25. The van der Waals surface area contributed by atoms with Gasteiger partial charge in [-0.3, -0.25) is 4.79 Å². The van der Waals surface area contributed by atoms with Crippen LogP contribution in [0.15, 0.2) is 0 Å². The second-order valence-electron chi connectivity index (χ2n) is 1.72. The number of halogens is 1. The van der Waals surface area contributed by atoms with E-state index in [0.717, 1.165) is 0 Å². The number of nitriles is 1. The van der Waals surface area contributed by atoms with Crippen molar-refractivity contribution in [2.24, 2.45) is 0 Å². The van der Waals surface area contributed by atoms with Crippen molar-refractivity contribution in [1.29, 1.82) is 5.26 Å². The molecule has 4 heteroatoms. The molecule has 0 aliphatic carbocycles. The van der Waals surface area contributed by atoms with Crippen molar-refractivity contribution in [3.63, 3.8) is 0 Å². The highest BCUT2D eigenvalue weighted by atomic mass is 79.9. The van der Waals surface area contributed by atoms with Crippen molar-refractivity contribution < 1.29 is 4.79 Å². The topological polar surface area (TPSA) is 44.1 Å². The Morgan fingerprint density at radius 2 is 2.22 bits per heavy atom. The lowest BCUT2D eigenvalue weighted by molar-refractivity contribution is -0.127. The average Bonchev–Trinajstić information content (AvgIpc) is 1.84. The van der Waals surface area contributed by atoms with Crippen LogP contribution in [0.4, 0.5) is 0 Å². The summed E-state index contributed by atoms with van der Waals surface area (Å²) in [5.74, 6) is -0.225. The Labute approximate surface area is 62.4 Å². The van der Waals surface area contributed by atoms with E-state index in [9.17, 15) is 4.79 Å². The van der Waals surface area contributed by atoms with E-state index in [-0.39, 0.29) is 5.91 Å². The van der Waals surface area contributed by atoms with Crippen LogP contribution in [-0.4, -0.2) is 29.7 Å². The maximum absolute atomic E-state index is 10.7. The molecule has 0 N–H and O–H groups in total. The monoisotopic (exact) mass is 190 g/mol. The molecule has 0 heterocycles. The van der Waals surface area contributed by atoms with E-state index in [4.69, 9.17) is 5.26 Å². The molecule has 0 spiro atoms. The Morgan fingerprint density at radius 3 is 2.33 bits per heavy atom. The molecule has 1 amide bonds. The second-order valence-corrected chi connectivity index (χ2v) is 2.64. The van der Waals surface area contributed by atoms with E-state index in [1.165, 1.54) is 4.90 Å². The van der Waals surface area contributed by atoms with Crippen molar-refractivity contribution in [2.45, 2.75) is 4.83 Å². The summed E-state index contributed by atoms with van der Waals surface area (Å²) in [6.07, 6.45) is 0. The maximum Gasteiger partial charge on any atom is 0.250 e. The van der Waals surface area contributed by atoms with Crippen LogP contribution in [0.25, 0.3) is 0 Å². The lowest BCUT2D eigenvalue weighted by Crippen LogP contribution is -2.28. The van der Waals surface area contributed by atoms with Crippen molar-refractivity contribution >= 4 is 21.8 Å². The molecule has 1 atom stereocenters. The number of hydrogen-bond acceptors (Lipinski definition) is 2. The SMILES string of the molecule is CN(C)C(=O)[C@@H](Br)C#N. The number of hydrogen-bond donors (Lipinski definition) is 0. The Bertz CT molecular complexity index is 150. The van der Waals surface area contributed by atoms with Crippen LogP contribution in [0.3, 0.4) is 0 Å². The molecule has 50 valence electrons. The van der Waals surface area contributed by atoms with Gasteiger partial charge < -0.3 is 4.90 Å². The van der Waals surface area contributed by atoms with Gasteiger partial charge in [-0.05, 0) is 0 Å². The first kappa shape index (κ1) is 8.44. The molecule has 0 unspecified atom stereocenters. The highest BCUT2D eigenvalue weighted by Gasteiger charge is 2.14. The van der Waals surface area contributed by atoms with Gasteiger partial charge in [-0.25, -0.2) is 0 Å². The van der Waals surface area contributed by atoms with E-state index in [1.807, 2.05) is 0 Å². The first-order valence-electron chi connectivity index (χ1n) is 2.34. The Balaban J connectivity index is 3.92. The second kappa shape index (κ2) is 3.46. The van der Waals surface area contributed by atoms with Crippen LogP contribution in [0.1, 0.15) is 0 Å². The summed E-state index contributed by atoms with van der Waals surface area (Å²) in [5.41, 5.74) is 0. The Morgan fingerprint density at radius 1 is 1.78 bits per heavy atom. The minimum atomic E-state index is -0.701. The van der Waals surface area contributed by atoms with Gasteiger partial charge in [0.2, 0.25) is 5.91 Å². The van der Waals surface area contributed by atoms with Crippen molar-refractivity contribution in [3.8, 4) is 6.07 Å². The number of nitrogens with zero attached hydrogens (tertiary/aromatic N) is 2. The molecular weight excluding hydrogens is 184 g/mol. The van der Waals surface area contributed by atoms with Gasteiger partial charge in [-0.1, -0.05) is 15.9 Å². The summed E-state index contributed by atoms with van der Waals surface area (Å²) in [5, 5.41) is 8.21. The van der Waals surface area contributed by atoms with E-state index in [1.54, 1.807) is 20.2 Å². The molecule has 3 nitrogen and oxygen atoms in total. The van der Waals surface area contributed by atoms with Gasteiger partial charge in [0.25, 0.3) is 0 Å². The number of carbonyl (C=O) groups is 1. The normalized spacial score (nSPS) is 11.8. The molecule has 0 aliphatic rings. The third kappa shape index (κ3) is 2.47. The van der Waals surface area contributed by atoms with E-state index in [0.29, 0.717) is 0 Å². The lowest BCUT2D eigenvalue weighted by atomic mass is 10.4. The van der Waals surface area contributed by atoms with E-state index in [2.05, 4.69) is 15.9 Å². The molecule has 0 radical (unpaired) electrons. The molecule has 0 aliphatic heterocycles. The molecule has 0 rings (SSSR count). The summed E-state index contributed by atoms with van der Waals surface area (Å²) < 4.78 is 0. The van der Waals surface area contributed by atoms with Gasteiger partial charge in [0.1, 0.15) is 0 Å². The summed E-state index contributed by atoms with van der Waals surface area (Å²) in [6, 6.07) is 1.77. The summed E-state index contributed by atoms with van der Waals surface area (Å²) >= 11 is 2.89. The maximum atomic E-state index is 10.7. The van der Waals surface area contributed by atoms with Crippen molar-refractivity contribution in [3.05, 3.63) is 0 Å². The van der Waals surface area contributed by atoms with E-state index < -0.39 is 4.83 Å². The first-order chi connectivity index (χ1) is 4.09. The summed E-state index contributed by atoms with van der Waals surface area (Å²) in [4.78, 5) is 11.4. The fourth-order valence-electron chi connectivity index (χ4n) is 0.282. The molecule has 0 fully saturated rings. The Hall–Kier alpha value is -0.560. The zero-order valence-corrected chi connectivity index (χ0v) is 6.84. The largest absolute Gasteiger partial charge is 0.347 e. The first-order valence-corrected chi connectivity index (χ1v) is 3.26. The molecular formula is C5H7BrN2O. The van der Waals surface area contributed by atoms with Crippen molar-refractivity contribution in [2.75, 3.05) is 14.1 Å². The minimum Gasteiger partial charge on any atom is -0.347 e. The molecule has 0 saturated carbocycles. The zero-order valence-electron chi connectivity index (χ0n) is 5.26.